The normalized spacial score (nSPS) is 19.7. The lowest BCUT2D eigenvalue weighted by molar-refractivity contribution is -0.143. The molecular formula is C16H20F2N2O4S. The Morgan fingerprint density at radius 3 is 2.40 bits per heavy atom. The summed E-state index contributed by atoms with van der Waals surface area (Å²) < 4.78 is 51.7. The number of benzene rings is 1. The zero-order chi connectivity index (χ0) is 18.6. The van der Waals surface area contributed by atoms with Crippen molar-refractivity contribution in [3.63, 3.8) is 0 Å². The molecule has 1 saturated heterocycles. The Labute approximate surface area is 145 Å². The van der Waals surface area contributed by atoms with Crippen molar-refractivity contribution < 1.29 is 26.7 Å². The van der Waals surface area contributed by atoms with Crippen LogP contribution >= 0.6 is 0 Å². The number of ether oxygens (including phenoxy) is 1. The third-order valence-electron chi connectivity index (χ3n) is 3.73. The summed E-state index contributed by atoms with van der Waals surface area (Å²) in [7, 11) is 0.238. The van der Waals surface area contributed by atoms with Crippen LogP contribution in [0.2, 0.25) is 0 Å². The fraction of sp³-hybridized carbons (Fsp3) is 0.438. The fourth-order valence-corrected chi connectivity index (χ4v) is 4.37. The van der Waals surface area contributed by atoms with Crippen LogP contribution in [0.25, 0.3) is 6.08 Å². The van der Waals surface area contributed by atoms with E-state index in [-0.39, 0.29) is 29.2 Å². The summed E-state index contributed by atoms with van der Waals surface area (Å²) in [6.45, 7) is -2.89. The largest absolute Gasteiger partial charge is 0.435 e. The van der Waals surface area contributed by atoms with Crippen molar-refractivity contribution >= 4 is 21.8 Å². The van der Waals surface area contributed by atoms with Gasteiger partial charge in [-0.3, -0.25) is 9.80 Å². The highest BCUT2D eigenvalue weighted by Crippen LogP contribution is 2.20. The van der Waals surface area contributed by atoms with Crippen molar-refractivity contribution in [1.82, 2.24) is 10.0 Å². The predicted octanol–water partition coefficient (Wildman–Crippen LogP) is 1.79. The van der Waals surface area contributed by atoms with Crippen LogP contribution < -0.4 is 4.74 Å². The minimum atomic E-state index is -3.11. The van der Waals surface area contributed by atoms with E-state index < -0.39 is 16.4 Å². The quantitative estimate of drug-likeness (QED) is 0.561. The van der Waals surface area contributed by atoms with Crippen LogP contribution in [0.15, 0.2) is 30.3 Å². The minimum Gasteiger partial charge on any atom is -0.435 e. The van der Waals surface area contributed by atoms with Crippen molar-refractivity contribution in [2.45, 2.75) is 19.1 Å². The van der Waals surface area contributed by atoms with E-state index in [9.17, 15) is 22.0 Å². The highest BCUT2D eigenvalue weighted by atomic mass is 32.2. The Kier molecular flexibility index (Phi) is 6.12. The van der Waals surface area contributed by atoms with Gasteiger partial charge in [-0.2, -0.15) is 8.78 Å². The van der Waals surface area contributed by atoms with E-state index in [1.165, 1.54) is 29.3 Å². The van der Waals surface area contributed by atoms with Gasteiger partial charge in [0, 0.05) is 20.2 Å². The van der Waals surface area contributed by atoms with Gasteiger partial charge in [0.05, 0.1) is 17.5 Å². The third-order valence-corrected chi connectivity index (χ3v) is 5.48. The number of carbonyl (C=O) groups is 1. The van der Waals surface area contributed by atoms with Gasteiger partial charge in [0.25, 0.3) is 5.91 Å². The Bertz CT molecular complexity index is 733. The van der Waals surface area contributed by atoms with Crippen LogP contribution in [0.1, 0.15) is 12.0 Å². The van der Waals surface area contributed by atoms with Crippen LogP contribution in [0, 0.1) is 0 Å². The number of alkyl halides is 2. The van der Waals surface area contributed by atoms with Gasteiger partial charge in [0.2, 0.25) is 0 Å². The van der Waals surface area contributed by atoms with Gasteiger partial charge < -0.3 is 4.74 Å². The Morgan fingerprint density at radius 2 is 1.92 bits per heavy atom. The average Bonchev–Trinajstić information content (AvgIpc) is 2.85. The van der Waals surface area contributed by atoms with Crippen molar-refractivity contribution in [2.24, 2.45) is 0 Å². The summed E-state index contributed by atoms with van der Waals surface area (Å²) in [4.78, 5) is 12.4. The molecule has 1 aromatic carbocycles. The molecule has 0 radical (unpaired) electrons. The summed E-state index contributed by atoms with van der Waals surface area (Å²) in [5.74, 6) is -0.292. The molecule has 1 aliphatic heterocycles. The van der Waals surface area contributed by atoms with E-state index in [0.717, 1.165) is 0 Å². The van der Waals surface area contributed by atoms with Crippen LogP contribution in [-0.4, -0.2) is 62.6 Å². The summed E-state index contributed by atoms with van der Waals surface area (Å²) >= 11 is 0. The molecule has 0 bridgehead atoms. The second-order valence-electron chi connectivity index (χ2n) is 5.87. The molecule has 1 fully saturated rings. The van der Waals surface area contributed by atoms with Crippen molar-refractivity contribution in [2.75, 3.05) is 25.6 Å². The number of halogens is 2. The van der Waals surface area contributed by atoms with Crippen LogP contribution in [0.5, 0.6) is 5.75 Å². The SMILES string of the molecule is CN(C)N(C(=O)/C=C/c1ccc(OC(F)F)cc1)C1CCS(=O)(=O)C1. The summed E-state index contributed by atoms with van der Waals surface area (Å²) in [5.41, 5.74) is 0.632. The van der Waals surface area contributed by atoms with Gasteiger partial charge in [0.1, 0.15) is 5.75 Å². The molecule has 1 unspecified atom stereocenters. The van der Waals surface area contributed by atoms with Gasteiger partial charge >= 0.3 is 6.61 Å². The van der Waals surface area contributed by atoms with Gasteiger partial charge in [-0.25, -0.2) is 13.4 Å². The first kappa shape index (κ1) is 19.3. The van der Waals surface area contributed by atoms with Gasteiger partial charge in [-0.1, -0.05) is 12.1 Å². The summed E-state index contributed by atoms with van der Waals surface area (Å²) in [6.07, 6.45) is 3.27. The lowest BCUT2D eigenvalue weighted by Crippen LogP contribution is -2.48. The van der Waals surface area contributed by atoms with Crippen molar-refractivity contribution in [3.8, 4) is 5.75 Å². The Morgan fingerprint density at radius 1 is 1.28 bits per heavy atom. The molecule has 1 heterocycles. The second-order valence-corrected chi connectivity index (χ2v) is 8.10. The summed E-state index contributed by atoms with van der Waals surface area (Å²) in [5, 5.41) is 2.98. The second kappa shape index (κ2) is 7.92. The molecule has 25 heavy (non-hydrogen) atoms. The zero-order valence-corrected chi connectivity index (χ0v) is 14.7. The van der Waals surface area contributed by atoms with E-state index in [0.29, 0.717) is 12.0 Å². The molecule has 1 amide bonds. The van der Waals surface area contributed by atoms with Crippen LogP contribution in [-0.2, 0) is 14.6 Å². The molecule has 0 N–H and O–H groups in total. The number of amides is 1. The van der Waals surface area contributed by atoms with Gasteiger partial charge in [-0.15, -0.1) is 0 Å². The van der Waals surface area contributed by atoms with Gasteiger partial charge in [-0.05, 0) is 30.2 Å². The average molecular weight is 374 g/mol. The highest BCUT2D eigenvalue weighted by molar-refractivity contribution is 7.91. The molecule has 0 spiro atoms. The minimum absolute atomic E-state index is 0.0320. The number of hydrazine groups is 1. The topological polar surface area (TPSA) is 66.9 Å². The van der Waals surface area contributed by atoms with Crippen molar-refractivity contribution in [1.29, 1.82) is 0 Å². The standard InChI is InChI=1S/C16H20F2N2O4S/c1-19(2)20(13-9-10-25(22,23)11-13)15(21)8-5-12-3-6-14(7-4-12)24-16(17)18/h3-8,13,16H,9-11H2,1-2H3/b8-5+. The molecule has 1 atom stereocenters. The van der Waals surface area contributed by atoms with E-state index >= 15 is 0 Å². The van der Waals surface area contributed by atoms with E-state index in [4.69, 9.17) is 0 Å². The first-order chi connectivity index (χ1) is 11.7. The van der Waals surface area contributed by atoms with E-state index in [2.05, 4.69) is 4.74 Å². The van der Waals surface area contributed by atoms with Crippen LogP contribution in [0.4, 0.5) is 8.78 Å². The molecule has 2 rings (SSSR count). The number of rotatable bonds is 6. The lowest BCUT2D eigenvalue weighted by Gasteiger charge is -2.32. The third kappa shape index (κ3) is 5.50. The van der Waals surface area contributed by atoms with Gasteiger partial charge in [0.15, 0.2) is 9.84 Å². The first-order valence-corrected chi connectivity index (χ1v) is 9.44. The number of carbonyl (C=O) groups excluding carboxylic acids is 1. The maximum absolute atomic E-state index is 12.4. The Hall–Kier alpha value is -2.00. The first-order valence-electron chi connectivity index (χ1n) is 7.62. The number of hydrogen-bond donors (Lipinski definition) is 0. The monoisotopic (exact) mass is 374 g/mol. The molecule has 0 saturated carbocycles. The maximum atomic E-state index is 12.4. The van der Waals surface area contributed by atoms with E-state index in [1.54, 1.807) is 31.2 Å². The molecule has 0 aromatic heterocycles. The smallest absolute Gasteiger partial charge is 0.387 e. The summed E-state index contributed by atoms with van der Waals surface area (Å²) in [6, 6.07) is 5.45. The molecular weight excluding hydrogens is 354 g/mol. The molecule has 1 aliphatic rings. The molecule has 9 heteroatoms. The number of nitrogens with zero attached hydrogens (tertiary/aromatic N) is 2. The van der Waals surface area contributed by atoms with Crippen molar-refractivity contribution in [3.05, 3.63) is 35.9 Å². The van der Waals surface area contributed by atoms with Crippen LogP contribution in [0.3, 0.4) is 0 Å². The number of hydrogen-bond acceptors (Lipinski definition) is 5. The molecule has 6 nitrogen and oxygen atoms in total. The Balaban J connectivity index is 2.06. The molecule has 138 valence electrons. The lowest BCUT2D eigenvalue weighted by atomic mass is 10.2. The molecule has 0 aliphatic carbocycles. The number of sulfone groups is 1. The highest BCUT2D eigenvalue weighted by Gasteiger charge is 2.35. The fourth-order valence-electron chi connectivity index (χ4n) is 2.68. The van der Waals surface area contributed by atoms with E-state index in [1.807, 2.05) is 0 Å². The maximum Gasteiger partial charge on any atom is 0.387 e. The molecule has 1 aromatic rings. The zero-order valence-electron chi connectivity index (χ0n) is 13.9. The predicted molar refractivity (Wildman–Crippen MR) is 89.7 cm³/mol.